The molecule has 19 heavy (non-hydrogen) atoms. The molecule has 4 nitrogen and oxygen atoms in total. The first-order valence-corrected chi connectivity index (χ1v) is 6.75. The fraction of sp³-hybridized carbons (Fsp3) is 0. The second kappa shape index (κ2) is 12.3. The van der Waals surface area contributed by atoms with Gasteiger partial charge in [0.2, 0.25) is 0 Å². The molecule has 0 spiro atoms. The first-order chi connectivity index (χ1) is 9.22. The Morgan fingerprint density at radius 1 is 1.00 bits per heavy atom. The van der Waals surface area contributed by atoms with Crippen LogP contribution in [0.4, 0.5) is 0 Å². The molecule has 0 aliphatic carbocycles. The van der Waals surface area contributed by atoms with Crippen molar-refractivity contribution in [2.45, 2.75) is 0 Å². The van der Waals surface area contributed by atoms with E-state index in [1.54, 1.807) is 30.3 Å². The van der Waals surface area contributed by atoms with Crippen LogP contribution in [0, 0.1) is 0 Å². The van der Waals surface area contributed by atoms with Gasteiger partial charge in [0.05, 0.1) is 5.56 Å². The molecule has 0 aliphatic heterocycles. The van der Waals surface area contributed by atoms with Crippen LogP contribution in [0.3, 0.4) is 0 Å². The fourth-order valence-electron chi connectivity index (χ4n) is 0.916. The number of carboxylic acid groups (broad SMARTS) is 1. The molecule has 0 aromatic heterocycles. The molecule has 1 N–H and O–H groups in total. The van der Waals surface area contributed by atoms with Crippen LogP contribution >= 0.6 is 0 Å². The van der Waals surface area contributed by atoms with Crippen molar-refractivity contribution in [2.24, 2.45) is 0 Å². The Balaban J connectivity index is 0.000000278. The average molecular weight is 344 g/mol. The molecule has 2 rings (SSSR count). The van der Waals surface area contributed by atoms with Gasteiger partial charge in [-0.1, -0.05) is 18.2 Å². The van der Waals surface area contributed by atoms with Gasteiger partial charge < -0.3 is 5.11 Å². The maximum absolute atomic E-state index is 10.2. The summed E-state index contributed by atoms with van der Waals surface area (Å²) in [7, 11) is 0. The van der Waals surface area contributed by atoms with Gasteiger partial charge >= 0.3 is 40.7 Å². The van der Waals surface area contributed by atoms with Crippen LogP contribution in [0.2, 0.25) is 0 Å². The topological polar surface area (TPSA) is 71.4 Å². The van der Waals surface area contributed by atoms with Crippen molar-refractivity contribution < 1.29 is 35.7 Å². The molecule has 0 fully saturated rings. The van der Waals surface area contributed by atoms with E-state index in [-0.39, 0.29) is 0 Å². The van der Waals surface area contributed by atoms with Gasteiger partial charge in [0.25, 0.3) is 0 Å². The summed E-state index contributed by atoms with van der Waals surface area (Å²) in [6.45, 7) is 0. The van der Waals surface area contributed by atoms with Crippen molar-refractivity contribution in [2.75, 3.05) is 0 Å². The van der Waals surface area contributed by atoms with Gasteiger partial charge in [-0.05, 0) is 12.1 Å². The van der Waals surface area contributed by atoms with E-state index in [0.717, 1.165) is 0 Å². The maximum Gasteiger partial charge on any atom is -0.172 e. The first kappa shape index (κ1) is 16.8. The Bertz CT molecular complexity index is 530. The third-order valence-corrected chi connectivity index (χ3v) is 2.00. The van der Waals surface area contributed by atoms with Crippen LogP contribution in [0.5, 0.6) is 0 Å². The van der Waals surface area contributed by atoms with E-state index in [2.05, 4.69) is 0 Å². The summed E-state index contributed by atoms with van der Waals surface area (Å²) in [6, 6.07) is 18.3. The number of carbonyl (C=O) groups excluding carboxylic acids is 2. The molecule has 2 aromatic rings. The molecule has 0 amide bonds. The minimum Gasteiger partial charge on any atom is -0.214 e. The fourth-order valence-corrected chi connectivity index (χ4v) is 0.989. The average Bonchev–Trinajstić information content (AvgIpc) is 3.00. The molecule has 5 heteroatoms. The minimum atomic E-state index is -0.879. The molecule has 0 aliphatic rings. The third kappa shape index (κ3) is 10.7. The summed E-state index contributed by atoms with van der Waals surface area (Å²) in [6.07, 6.45) is 0. The monoisotopic (exact) mass is 345 g/mol. The van der Waals surface area contributed by atoms with Crippen LogP contribution in [-0.2, 0) is 25.8 Å². The first-order valence-electron chi connectivity index (χ1n) is 5.02. The van der Waals surface area contributed by atoms with E-state index in [9.17, 15) is 4.79 Å². The minimum absolute atomic E-state index is 0.331. The number of benzene rings is 1. The Hall–Kier alpha value is -2.18. The van der Waals surface area contributed by atoms with Gasteiger partial charge in [-0.25, -0.2) is 16.9 Å². The van der Waals surface area contributed by atoms with Gasteiger partial charge in [0, 0.05) is 0 Å². The van der Waals surface area contributed by atoms with E-state index >= 15 is 0 Å². The maximum atomic E-state index is 10.2. The molecule has 0 atom stereocenters. The van der Waals surface area contributed by atoms with Gasteiger partial charge in [-0.2, -0.15) is 18.2 Å². The zero-order valence-corrected chi connectivity index (χ0v) is 11.5. The van der Waals surface area contributed by atoms with Crippen LogP contribution in [-0.4, -0.2) is 20.0 Å². The largest absolute Gasteiger partial charge is 0.214 e. The number of hydrogen-bond donors (Lipinski definition) is 1. The summed E-state index contributed by atoms with van der Waals surface area (Å²) in [4.78, 5) is 28.3. The van der Waals surface area contributed by atoms with Crippen molar-refractivity contribution >= 4 is 14.9 Å². The molecule has 0 bridgehead atoms. The van der Waals surface area contributed by atoms with E-state index in [4.69, 9.17) is 14.7 Å². The molecule has 0 saturated heterocycles. The number of hydrogen-bond acceptors (Lipinski definition) is 3. The van der Waals surface area contributed by atoms with Gasteiger partial charge in [-0.15, -0.1) is 0 Å². The molecule has 0 saturated carbocycles. The third-order valence-electron chi connectivity index (χ3n) is 1.65. The standard InChI is InChI=1S/C7H6O2.C5H5.2CO.Ru/c8-7(9)6-4-2-1-3-5-6;1-2-4-5-3-1;2*1-2;/h1-5H,(H,8,9);1-5H;;;/q;-1;;;. The van der Waals surface area contributed by atoms with E-state index in [1.807, 2.05) is 30.3 Å². The van der Waals surface area contributed by atoms with Crippen molar-refractivity contribution in [3.05, 3.63) is 66.2 Å². The Kier molecular flexibility index (Phi) is 10.9. The normalized spacial score (nSPS) is 7.58. The zero-order chi connectivity index (χ0) is 14.3. The zero-order valence-electron chi connectivity index (χ0n) is 9.80. The van der Waals surface area contributed by atoms with E-state index < -0.39 is 22.2 Å². The summed E-state index contributed by atoms with van der Waals surface area (Å²) in [5, 5.41) is 8.38. The van der Waals surface area contributed by atoms with E-state index in [1.165, 1.54) is 8.95 Å². The predicted octanol–water partition coefficient (Wildman–Crippen LogP) is 1.99. The Morgan fingerprint density at radius 2 is 1.53 bits per heavy atom. The van der Waals surface area contributed by atoms with Crippen molar-refractivity contribution in [1.82, 2.24) is 0 Å². The van der Waals surface area contributed by atoms with Gasteiger partial charge in [0.15, 0.2) is 0 Å². The number of carboxylic acids is 1. The van der Waals surface area contributed by atoms with Crippen molar-refractivity contribution in [3.63, 3.8) is 0 Å². The summed E-state index contributed by atoms with van der Waals surface area (Å²) >= 11 is -0.842. The molecular formula is C14H11O4Ru-. The Labute approximate surface area is 117 Å². The smallest absolute Gasteiger partial charge is 0.172 e. The van der Waals surface area contributed by atoms with Crippen LogP contribution in [0.15, 0.2) is 60.7 Å². The molecular weight excluding hydrogens is 333 g/mol. The second-order valence-electron chi connectivity index (χ2n) is 2.87. The second-order valence-corrected chi connectivity index (χ2v) is 4.01. The van der Waals surface area contributed by atoms with Crippen molar-refractivity contribution in [3.8, 4) is 0 Å². The molecule has 100 valence electrons. The molecule has 0 heterocycles. The molecule has 2 aromatic carbocycles. The molecule has 0 unspecified atom stereocenters. The van der Waals surface area contributed by atoms with Crippen LogP contribution < -0.4 is 0 Å². The summed E-state index contributed by atoms with van der Waals surface area (Å²) in [5.41, 5.74) is 0.331. The number of carbonyl (C=O) groups is 1. The van der Waals surface area contributed by atoms with Crippen molar-refractivity contribution in [1.29, 1.82) is 0 Å². The predicted molar refractivity (Wildman–Crippen MR) is 66.8 cm³/mol. The quantitative estimate of drug-likeness (QED) is 0.634. The summed E-state index contributed by atoms with van der Waals surface area (Å²) < 4.78 is 2.87. The number of aromatic carboxylic acids is 1. The summed E-state index contributed by atoms with van der Waals surface area (Å²) in [5.74, 6) is -0.879. The number of rotatable bonds is 1. The van der Waals surface area contributed by atoms with Gasteiger partial charge in [-0.3, -0.25) is 0 Å². The van der Waals surface area contributed by atoms with Crippen LogP contribution in [0.1, 0.15) is 10.4 Å². The van der Waals surface area contributed by atoms with E-state index in [0.29, 0.717) is 5.56 Å². The van der Waals surface area contributed by atoms with Gasteiger partial charge in [0.1, 0.15) is 0 Å². The van der Waals surface area contributed by atoms with Crippen LogP contribution in [0.25, 0.3) is 0 Å². The Morgan fingerprint density at radius 3 is 1.74 bits per heavy atom. The SMILES string of the molecule is O=C(O)c1ccccc1.O=[C]=[Ru]=[C]=O.c1cc[cH-]c1. The molecule has 0 radical (unpaired) electrons.